The van der Waals surface area contributed by atoms with Gasteiger partial charge in [0.15, 0.2) is 0 Å². The third-order valence-electron chi connectivity index (χ3n) is 3.48. The number of aromatic nitrogens is 2. The van der Waals surface area contributed by atoms with Gasteiger partial charge < -0.3 is 10.6 Å². The molecule has 2 N–H and O–H groups in total. The summed E-state index contributed by atoms with van der Waals surface area (Å²) in [7, 11) is 0. The molecule has 0 bridgehead atoms. The van der Waals surface area contributed by atoms with Crippen LogP contribution < -0.4 is 10.6 Å². The van der Waals surface area contributed by atoms with Crippen molar-refractivity contribution in [2.24, 2.45) is 5.73 Å². The Labute approximate surface area is 103 Å². The van der Waals surface area contributed by atoms with Crippen molar-refractivity contribution >= 4 is 5.95 Å². The van der Waals surface area contributed by atoms with Crippen molar-refractivity contribution in [3.05, 3.63) is 18.0 Å². The minimum Gasteiger partial charge on any atom is -0.338 e. The zero-order valence-electron chi connectivity index (χ0n) is 10.6. The van der Waals surface area contributed by atoms with Crippen LogP contribution in [0.2, 0.25) is 0 Å². The van der Waals surface area contributed by atoms with Crippen LogP contribution >= 0.6 is 0 Å². The molecule has 1 aliphatic heterocycles. The zero-order valence-corrected chi connectivity index (χ0v) is 10.6. The van der Waals surface area contributed by atoms with E-state index in [9.17, 15) is 0 Å². The molecule has 0 aromatic carbocycles. The summed E-state index contributed by atoms with van der Waals surface area (Å²) in [5.74, 6) is 0.886. The molecule has 0 aliphatic carbocycles. The minimum atomic E-state index is 0.615. The van der Waals surface area contributed by atoms with Crippen LogP contribution in [0.25, 0.3) is 0 Å². The fourth-order valence-corrected chi connectivity index (χ4v) is 2.48. The van der Waals surface area contributed by atoms with Crippen molar-refractivity contribution in [3.8, 4) is 0 Å². The van der Waals surface area contributed by atoms with Crippen LogP contribution in [-0.2, 0) is 6.42 Å². The molecule has 0 spiro atoms. The van der Waals surface area contributed by atoms with E-state index in [1.165, 1.54) is 25.7 Å². The molecule has 1 unspecified atom stereocenters. The summed E-state index contributed by atoms with van der Waals surface area (Å²) in [5.41, 5.74) is 6.65. The first-order valence-corrected chi connectivity index (χ1v) is 6.62. The van der Waals surface area contributed by atoms with Gasteiger partial charge in [0, 0.05) is 25.0 Å². The molecule has 94 valence electrons. The monoisotopic (exact) mass is 234 g/mol. The quantitative estimate of drug-likeness (QED) is 0.862. The van der Waals surface area contributed by atoms with E-state index in [4.69, 9.17) is 5.73 Å². The van der Waals surface area contributed by atoms with E-state index in [0.717, 1.165) is 24.5 Å². The third kappa shape index (κ3) is 2.94. The van der Waals surface area contributed by atoms with Gasteiger partial charge in [-0.3, -0.25) is 0 Å². The second kappa shape index (κ2) is 5.96. The van der Waals surface area contributed by atoms with Gasteiger partial charge in [0.2, 0.25) is 5.95 Å². The van der Waals surface area contributed by atoms with Crippen LogP contribution in [0.15, 0.2) is 12.4 Å². The summed E-state index contributed by atoms with van der Waals surface area (Å²) in [5, 5.41) is 0. The summed E-state index contributed by atoms with van der Waals surface area (Å²) in [4.78, 5) is 11.3. The lowest BCUT2D eigenvalue weighted by molar-refractivity contribution is 0.443. The van der Waals surface area contributed by atoms with Crippen LogP contribution in [0, 0.1) is 0 Å². The number of nitrogens with two attached hydrogens (primary N) is 1. The molecule has 1 atom stereocenters. The van der Waals surface area contributed by atoms with E-state index >= 15 is 0 Å². The van der Waals surface area contributed by atoms with Crippen LogP contribution in [0.4, 0.5) is 5.95 Å². The second-order valence-corrected chi connectivity index (χ2v) is 4.68. The highest BCUT2D eigenvalue weighted by Gasteiger charge is 2.22. The molecular formula is C13H22N4. The molecule has 4 heteroatoms. The van der Waals surface area contributed by atoms with Crippen molar-refractivity contribution in [2.75, 3.05) is 18.0 Å². The Balaban J connectivity index is 2.09. The predicted molar refractivity (Wildman–Crippen MR) is 70.1 cm³/mol. The van der Waals surface area contributed by atoms with Crippen LogP contribution in [-0.4, -0.2) is 29.1 Å². The predicted octanol–water partition coefficient (Wildman–Crippen LogP) is 1.75. The molecule has 1 aromatic rings. The molecule has 2 heterocycles. The molecule has 1 aromatic heterocycles. The maximum atomic E-state index is 5.52. The Bertz CT molecular complexity index is 336. The highest BCUT2D eigenvalue weighted by atomic mass is 15.3. The van der Waals surface area contributed by atoms with Gasteiger partial charge in [-0.05, 0) is 44.2 Å². The Morgan fingerprint density at radius 2 is 2.12 bits per heavy atom. The normalized spacial score (nSPS) is 20.6. The second-order valence-electron chi connectivity index (χ2n) is 4.68. The van der Waals surface area contributed by atoms with Crippen LogP contribution in [0.5, 0.6) is 0 Å². The van der Waals surface area contributed by atoms with Gasteiger partial charge in [0.1, 0.15) is 0 Å². The molecule has 0 amide bonds. The Morgan fingerprint density at radius 1 is 1.35 bits per heavy atom. The summed E-state index contributed by atoms with van der Waals surface area (Å²) in [6.07, 6.45) is 9.72. The lowest BCUT2D eigenvalue weighted by Crippen LogP contribution is -2.40. The topological polar surface area (TPSA) is 55.0 Å². The summed E-state index contributed by atoms with van der Waals surface area (Å²) in [6.45, 7) is 3.99. The number of nitrogens with zero attached hydrogens (tertiary/aromatic N) is 3. The maximum Gasteiger partial charge on any atom is 0.225 e. The number of piperidine rings is 1. The Kier molecular flexibility index (Phi) is 4.31. The van der Waals surface area contributed by atoms with Gasteiger partial charge in [-0.1, -0.05) is 6.92 Å². The Hall–Kier alpha value is -1.16. The average molecular weight is 234 g/mol. The Morgan fingerprint density at radius 3 is 2.76 bits per heavy atom. The summed E-state index contributed by atoms with van der Waals surface area (Å²) >= 11 is 0. The molecule has 1 aliphatic rings. The van der Waals surface area contributed by atoms with E-state index in [-0.39, 0.29) is 0 Å². The smallest absolute Gasteiger partial charge is 0.225 e. The van der Waals surface area contributed by atoms with Gasteiger partial charge in [-0.25, -0.2) is 9.97 Å². The van der Waals surface area contributed by atoms with Crippen molar-refractivity contribution in [3.63, 3.8) is 0 Å². The number of anilines is 1. The fourth-order valence-electron chi connectivity index (χ4n) is 2.48. The van der Waals surface area contributed by atoms with Crippen molar-refractivity contribution in [1.82, 2.24) is 9.97 Å². The number of rotatable bonds is 4. The first kappa shape index (κ1) is 12.3. The third-order valence-corrected chi connectivity index (χ3v) is 3.48. The molecular weight excluding hydrogens is 212 g/mol. The van der Waals surface area contributed by atoms with Crippen molar-refractivity contribution < 1.29 is 0 Å². The number of hydrogen-bond donors (Lipinski definition) is 1. The summed E-state index contributed by atoms with van der Waals surface area (Å²) < 4.78 is 0. The molecule has 4 nitrogen and oxygen atoms in total. The zero-order chi connectivity index (χ0) is 12.1. The first-order chi connectivity index (χ1) is 8.35. The van der Waals surface area contributed by atoms with Crippen LogP contribution in [0.1, 0.15) is 38.2 Å². The highest BCUT2D eigenvalue weighted by molar-refractivity contribution is 5.32. The number of hydrogen-bond acceptors (Lipinski definition) is 4. The first-order valence-electron chi connectivity index (χ1n) is 6.62. The molecule has 1 saturated heterocycles. The molecule has 0 saturated carbocycles. The van der Waals surface area contributed by atoms with Crippen LogP contribution in [0.3, 0.4) is 0 Å². The van der Waals surface area contributed by atoms with Gasteiger partial charge in [0.25, 0.3) is 0 Å². The van der Waals surface area contributed by atoms with E-state index in [1.54, 1.807) is 0 Å². The van der Waals surface area contributed by atoms with E-state index in [0.29, 0.717) is 12.6 Å². The van der Waals surface area contributed by atoms with Gasteiger partial charge in [0.05, 0.1) is 0 Å². The lowest BCUT2D eigenvalue weighted by Gasteiger charge is -2.35. The standard InChI is InChI=1S/C13H22N4/c1-2-12-5-3-4-8-17(12)13-15-9-11(6-7-14)10-16-13/h9-10,12H,2-8,14H2,1H3. The van der Waals surface area contributed by atoms with Gasteiger partial charge in [-0.2, -0.15) is 0 Å². The minimum absolute atomic E-state index is 0.615. The van der Waals surface area contributed by atoms with Gasteiger partial charge in [-0.15, -0.1) is 0 Å². The molecule has 17 heavy (non-hydrogen) atoms. The SMILES string of the molecule is CCC1CCCCN1c1ncc(CCN)cn1. The van der Waals surface area contributed by atoms with Crippen molar-refractivity contribution in [2.45, 2.75) is 45.1 Å². The maximum absolute atomic E-state index is 5.52. The largest absolute Gasteiger partial charge is 0.338 e. The van der Waals surface area contributed by atoms with E-state index < -0.39 is 0 Å². The van der Waals surface area contributed by atoms with E-state index in [2.05, 4.69) is 21.8 Å². The van der Waals surface area contributed by atoms with E-state index in [1.807, 2.05) is 12.4 Å². The molecule has 2 rings (SSSR count). The lowest BCUT2D eigenvalue weighted by atomic mass is 10.0. The molecule has 1 fully saturated rings. The van der Waals surface area contributed by atoms with Gasteiger partial charge >= 0.3 is 0 Å². The highest BCUT2D eigenvalue weighted by Crippen LogP contribution is 2.23. The fraction of sp³-hybridized carbons (Fsp3) is 0.692. The molecule has 0 radical (unpaired) electrons. The summed E-state index contributed by atoms with van der Waals surface area (Å²) in [6, 6.07) is 0.615. The van der Waals surface area contributed by atoms with Crippen molar-refractivity contribution in [1.29, 1.82) is 0 Å². The average Bonchev–Trinajstić information content (AvgIpc) is 2.40.